The van der Waals surface area contributed by atoms with E-state index in [2.05, 4.69) is 0 Å². The van der Waals surface area contributed by atoms with Crippen LogP contribution in [0.25, 0.3) is 0 Å². The van der Waals surface area contributed by atoms with Crippen molar-refractivity contribution in [2.75, 3.05) is 13.1 Å². The van der Waals surface area contributed by atoms with Gasteiger partial charge in [0.05, 0.1) is 6.10 Å². The zero-order chi connectivity index (χ0) is 6.43. The van der Waals surface area contributed by atoms with Crippen molar-refractivity contribution in [3.05, 3.63) is 0 Å². The van der Waals surface area contributed by atoms with E-state index >= 15 is 0 Å². The summed E-state index contributed by atoms with van der Waals surface area (Å²) in [4.78, 5) is 0. The van der Waals surface area contributed by atoms with Crippen molar-refractivity contribution >= 4 is 0 Å². The zero-order valence-electron chi connectivity index (χ0n) is 5.33. The first-order chi connectivity index (χ1) is 4.27. The minimum atomic E-state index is -0.0372. The number of piperidine rings is 2. The topological polar surface area (TPSA) is 49.5 Å². The van der Waals surface area contributed by atoms with Crippen molar-refractivity contribution in [1.82, 2.24) is 5.01 Å². The maximum absolute atomic E-state index is 9.26. The molecule has 3 atom stereocenters. The Hall–Kier alpha value is -0.120. The molecule has 2 heterocycles. The molecule has 0 aromatic rings. The average Bonchev–Trinajstić information content (AvgIpc) is 1.87. The first-order valence-electron chi connectivity index (χ1n) is 3.45. The molecule has 2 aliphatic heterocycles. The average molecular weight is 128 g/mol. The Morgan fingerprint density at radius 2 is 1.89 bits per heavy atom. The third kappa shape index (κ3) is 0.689. The van der Waals surface area contributed by atoms with Gasteiger partial charge in [0.1, 0.15) is 0 Å². The van der Waals surface area contributed by atoms with Gasteiger partial charge in [0.25, 0.3) is 0 Å². The number of nitrogens with two attached hydrogens (primary N) is 1. The zero-order valence-corrected chi connectivity index (χ0v) is 5.33. The Labute approximate surface area is 54.4 Å². The van der Waals surface area contributed by atoms with Crippen molar-refractivity contribution in [2.24, 2.45) is 17.7 Å². The lowest BCUT2D eigenvalue weighted by Crippen LogP contribution is -2.60. The van der Waals surface area contributed by atoms with Gasteiger partial charge >= 0.3 is 0 Å². The van der Waals surface area contributed by atoms with Crippen LogP contribution in [0.15, 0.2) is 0 Å². The molecule has 0 aromatic heterocycles. The summed E-state index contributed by atoms with van der Waals surface area (Å²) < 4.78 is 0. The summed E-state index contributed by atoms with van der Waals surface area (Å²) in [5, 5.41) is 11.1. The van der Waals surface area contributed by atoms with E-state index < -0.39 is 0 Å². The van der Waals surface area contributed by atoms with Crippen LogP contribution in [0.1, 0.15) is 6.42 Å². The molecule has 0 radical (unpaired) electrons. The lowest BCUT2D eigenvalue weighted by atomic mass is 9.69. The molecule has 0 spiro atoms. The van der Waals surface area contributed by atoms with Crippen LogP contribution in [-0.2, 0) is 0 Å². The minimum Gasteiger partial charge on any atom is -0.392 e. The first-order valence-corrected chi connectivity index (χ1v) is 3.45. The quantitative estimate of drug-likeness (QED) is 0.419. The van der Waals surface area contributed by atoms with Gasteiger partial charge in [-0.05, 0) is 18.3 Å². The third-order valence-corrected chi connectivity index (χ3v) is 2.51. The molecular weight excluding hydrogens is 116 g/mol. The van der Waals surface area contributed by atoms with E-state index in [-0.39, 0.29) is 6.10 Å². The molecule has 0 amide bonds. The molecule has 9 heavy (non-hydrogen) atoms. The van der Waals surface area contributed by atoms with E-state index in [0.29, 0.717) is 11.8 Å². The maximum atomic E-state index is 9.26. The summed E-state index contributed by atoms with van der Waals surface area (Å²) >= 11 is 0. The predicted molar refractivity (Wildman–Crippen MR) is 33.4 cm³/mol. The molecule has 3 N–H and O–H groups in total. The predicted octanol–water partition coefficient (Wildman–Crippen LogP) is -0.827. The number of aliphatic hydroxyl groups is 1. The largest absolute Gasteiger partial charge is 0.392 e. The van der Waals surface area contributed by atoms with E-state index in [1.807, 2.05) is 5.01 Å². The Morgan fingerprint density at radius 3 is 2.22 bits per heavy atom. The van der Waals surface area contributed by atoms with Gasteiger partial charge in [-0.2, -0.15) is 0 Å². The van der Waals surface area contributed by atoms with E-state index in [0.717, 1.165) is 13.1 Å². The van der Waals surface area contributed by atoms with Crippen LogP contribution in [0.4, 0.5) is 0 Å². The van der Waals surface area contributed by atoms with Crippen LogP contribution < -0.4 is 5.84 Å². The van der Waals surface area contributed by atoms with Crippen molar-refractivity contribution in [1.29, 1.82) is 0 Å². The minimum absolute atomic E-state index is 0.0372. The van der Waals surface area contributed by atoms with E-state index in [1.54, 1.807) is 0 Å². The second-order valence-corrected chi connectivity index (χ2v) is 3.20. The molecular formula is C6H12N2O. The summed E-state index contributed by atoms with van der Waals surface area (Å²) in [6, 6.07) is 0. The van der Waals surface area contributed by atoms with E-state index in [9.17, 15) is 5.11 Å². The SMILES string of the molecule is NN1C[C@H]2C[C@@H](C1)C2O. The van der Waals surface area contributed by atoms with E-state index in [4.69, 9.17) is 5.84 Å². The molecule has 3 fully saturated rings. The molecule has 2 bridgehead atoms. The van der Waals surface area contributed by atoms with Crippen molar-refractivity contribution in [3.8, 4) is 0 Å². The first kappa shape index (κ1) is 5.65. The second kappa shape index (κ2) is 1.68. The molecule has 3 rings (SSSR count). The summed E-state index contributed by atoms with van der Waals surface area (Å²) in [7, 11) is 0. The number of hydrogen-bond donors (Lipinski definition) is 2. The van der Waals surface area contributed by atoms with Gasteiger partial charge < -0.3 is 5.11 Å². The fourth-order valence-corrected chi connectivity index (χ4v) is 1.90. The molecule has 2 saturated heterocycles. The van der Waals surface area contributed by atoms with Gasteiger partial charge in [-0.25, -0.2) is 5.01 Å². The lowest BCUT2D eigenvalue weighted by Gasteiger charge is -2.49. The van der Waals surface area contributed by atoms with Gasteiger partial charge in [0.2, 0.25) is 0 Å². The Morgan fingerprint density at radius 1 is 1.33 bits per heavy atom. The highest BCUT2D eigenvalue weighted by Crippen LogP contribution is 2.38. The van der Waals surface area contributed by atoms with Crippen LogP contribution in [0.3, 0.4) is 0 Å². The van der Waals surface area contributed by atoms with Gasteiger partial charge in [0, 0.05) is 13.1 Å². The number of fused-ring (bicyclic) bond motifs is 2. The van der Waals surface area contributed by atoms with Gasteiger partial charge in [-0.3, -0.25) is 5.84 Å². The molecule has 3 aliphatic rings. The van der Waals surface area contributed by atoms with Crippen LogP contribution in [0, 0.1) is 11.8 Å². The van der Waals surface area contributed by atoms with Crippen LogP contribution in [0.5, 0.6) is 0 Å². The van der Waals surface area contributed by atoms with Crippen LogP contribution >= 0.6 is 0 Å². The normalized spacial score (nSPS) is 50.7. The fraction of sp³-hybridized carbons (Fsp3) is 1.00. The lowest BCUT2D eigenvalue weighted by molar-refractivity contribution is -0.108. The highest BCUT2D eigenvalue weighted by atomic mass is 16.3. The summed E-state index contributed by atoms with van der Waals surface area (Å²) in [5.74, 6) is 6.50. The third-order valence-electron chi connectivity index (χ3n) is 2.51. The molecule has 3 heteroatoms. The number of hydrazine groups is 1. The molecule has 1 aliphatic carbocycles. The van der Waals surface area contributed by atoms with Gasteiger partial charge in [-0.15, -0.1) is 0 Å². The molecule has 3 nitrogen and oxygen atoms in total. The number of nitrogens with zero attached hydrogens (tertiary/aromatic N) is 1. The molecule has 52 valence electrons. The summed E-state index contributed by atoms with van der Waals surface area (Å²) in [6.07, 6.45) is 1.15. The van der Waals surface area contributed by atoms with Gasteiger partial charge in [-0.1, -0.05) is 0 Å². The smallest absolute Gasteiger partial charge is 0.0622 e. The second-order valence-electron chi connectivity index (χ2n) is 3.20. The number of hydrogen-bond acceptors (Lipinski definition) is 3. The highest BCUT2D eigenvalue weighted by Gasteiger charge is 2.44. The number of rotatable bonds is 0. The Bertz CT molecular complexity index is 116. The Balaban J connectivity index is 2.01. The molecule has 1 unspecified atom stereocenters. The van der Waals surface area contributed by atoms with Crippen LogP contribution in [-0.4, -0.2) is 29.3 Å². The molecule has 1 saturated carbocycles. The van der Waals surface area contributed by atoms with Crippen molar-refractivity contribution < 1.29 is 5.11 Å². The Kier molecular flexibility index (Phi) is 1.06. The van der Waals surface area contributed by atoms with Crippen LogP contribution in [0.2, 0.25) is 0 Å². The summed E-state index contributed by atoms with van der Waals surface area (Å²) in [5.41, 5.74) is 0. The van der Waals surface area contributed by atoms with Gasteiger partial charge in [0.15, 0.2) is 0 Å². The summed E-state index contributed by atoms with van der Waals surface area (Å²) in [6.45, 7) is 1.77. The fourth-order valence-electron chi connectivity index (χ4n) is 1.90. The maximum Gasteiger partial charge on any atom is 0.0622 e. The highest BCUT2D eigenvalue weighted by molar-refractivity contribution is 4.95. The monoisotopic (exact) mass is 128 g/mol. The molecule has 0 aromatic carbocycles. The van der Waals surface area contributed by atoms with Crippen molar-refractivity contribution in [3.63, 3.8) is 0 Å². The number of aliphatic hydroxyl groups excluding tert-OH is 1. The van der Waals surface area contributed by atoms with Crippen molar-refractivity contribution in [2.45, 2.75) is 12.5 Å². The standard InChI is InChI=1S/C6H12N2O/c7-8-2-4-1-5(3-8)6(4)9/h4-6,9H,1-3,7H2/t4-,5+,6?. The van der Waals surface area contributed by atoms with E-state index in [1.165, 1.54) is 6.42 Å².